The van der Waals surface area contributed by atoms with Gasteiger partial charge in [-0.2, -0.15) is 5.10 Å². The number of benzene rings is 1. The predicted octanol–water partition coefficient (Wildman–Crippen LogP) is 1.32. The van der Waals surface area contributed by atoms with Gasteiger partial charge in [0.05, 0.1) is 7.11 Å². The number of carbonyl (C=O) groups excluding carboxylic acids is 1. The number of carbonyl (C=O) groups is 1. The summed E-state index contributed by atoms with van der Waals surface area (Å²) in [7, 11) is 1.56. The van der Waals surface area contributed by atoms with E-state index in [-0.39, 0.29) is 24.2 Å². The van der Waals surface area contributed by atoms with E-state index < -0.39 is 0 Å². The summed E-state index contributed by atoms with van der Waals surface area (Å²) >= 11 is 0. The van der Waals surface area contributed by atoms with E-state index in [4.69, 9.17) is 4.74 Å². The molecule has 0 unspecified atom stereocenters. The number of ketones is 1. The third-order valence-corrected chi connectivity index (χ3v) is 3.55. The van der Waals surface area contributed by atoms with Crippen LogP contribution in [0.4, 0.5) is 0 Å². The lowest BCUT2D eigenvalue weighted by molar-refractivity contribution is -0.117. The Morgan fingerprint density at radius 1 is 1.21 bits per heavy atom. The zero-order chi connectivity index (χ0) is 16.9. The molecule has 0 aliphatic heterocycles. The van der Waals surface area contributed by atoms with Gasteiger partial charge in [0.2, 0.25) is 5.95 Å². The minimum absolute atomic E-state index is 0.0137. The first kappa shape index (κ1) is 15.7. The molecule has 1 N–H and O–H groups in total. The Hall–Kier alpha value is -3.22. The summed E-state index contributed by atoms with van der Waals surface area (Å²) in [4.78, 5) is 31.2. The molecule has 2 aromatic heterocycles. The highest BCUT2D eigenvalue weighted by Gasteiger charge is 2.12. The van der Waals surface area contributed by atoms with Gasteiger partial charge >= 0.3 is 0 Å². The van der Waals surface area contributed by atoms with E-state index >= 15 is 0 Å². The van der Waals surface area contributed by atoms with Crippen LogP contribution in [0.1, 0.15) is 11.1 Å². The molecule has 0 amide bonds. The standard InChI is InChI=1S/C17H16N4O3/c1-24-15-6-3-2-5-12(15)9-14(22)10-13-11-18-17(20-16(13)23)21-8-4-7-19-21/h2-8,11H,9-10H2,1H3,(H,18,20,23). The number of Topliss-reactive ketones (excluding diaryl/α,β-unsaturated/α-hetero) is 1. The molecule has 3 aromatic rings. The number of methoxy groups -OCH3 is 1. The van der Waals surface area contributed by atoms with Crippen molar-refractivity contribution in [3.8, 4) is 11.7 Å². The van der Waals surface area contributed by atoms with Crippen LogP contribution in [-0.4, -0.2) is 32.6 Å². The van der Waals surface area contributed by atoms with Crippen LogP contribution in [0.15, 0.2) is 53.7 Å². The lowest BCUT2D eigenvalue weighted by atomic mass is 10.0. The smallest absolute Gasteiger partial charge is 0.255 e. The molecule has 0 spiro atoms. The quantitative estimate of drug-likeness (QED) is 0.738. The van der Waals surface area contributed by atoms with Crippen LogP contribution in [0.3, 0.4) is 0 Å². The Morgan fingerprint density at radius 3 is 2.71 bits per heavy atom. The van der Waals surface area contributed by atoms with Crippen molar-refractivity contribution >= 4 is 5.78 Å². The van der Waals surface area contributed by atoms with Crippen LogP contribution >= 0.6 is 0 Å². The molecule has 122 valence electrons. The van der Waals surface area contributed by atoms with E-state index in [1.54, 1.807) is 31.6 Å². The SMILES string of the molecule is COc1ccccc1CC(=O)Cc1cnc(-n2cccn2)[nH]c1=O. The molecule has 0 radical (unpaired) electrons. The van der Waals surface area contributed by atoms with Crippen LogP contribution in [-0.2, 0) is 17.6 Å². The summed E-state index contributed by atoms with van der Waals surface area (Å²) in [5.74, 6) is 0.886. The first-order chi connectivity index (χ1) is 11.7. The van der Waals surface area contributed by atoms with E-state index in [0.29, 0.717) is 17.3 Å². The molecule has 0 aliphatic carbocycles. The molecule has 0 bridgehead atoms. The van der Waals surface area contributed by atoms with Gasteiger partial charge in [0.25, 0.3) is 5.56 Å². The van der Waals surface area contributed by atoms with Crippen LogP contribution in [0.2, 0.25) is 0 Å². The zero-order valence-corrected chi connectivity index (χ0v) is 13.1. The summed E-state index contributed by atoms with van der Waals surface area (Å²) in [6, 6.07) is 9.05. The third-order valence-electron chi connectivity index (χ3n) is 3.55. The van der Waals surface area contributed by atoms with Crippen molar-refractivity contribution in [2.75, 3.05) is 7.11 Å². The molecular formula is C17H16N4O3. The first-order valence-corrected chi connectivity index (χ1v) is 7.39. The molecule has 0 fully saturated rings. The van der Waals surface area contributed by atoms with Crippen molar-refractivity contribution in [1.29, 1.82) is 0 Å². The second-order valence-electron chi connectivity index (χ2n) is 5.22. The van der Waals surface area contributed by atoms with E-state index in [9.17, 15) is 9.59 Å². The van der Waals surface area contributed by atoms with Gasteiger partial charge in [-0.3, -0.25) is 14.6 Å². The molecule has 7 nitrogen and oxygen atoms in total. The maximum atomic E-state index is 12.3. The largest absolute Gasteiger partial charge is 0.496 e. The molecule has 0 atom stereocenters. The average molecular weight is 324 g/mol. The minimum atomic E-state index is -0.344. The highest BCUT2D eigenvalue weighted by atomic mass is 16.5. The number of nitrogens with one attached hydrogen (secondary N) is 1. The topological polar surface area (TPSA) is 89.9 Å². The maximum Gasteiger partial charge on any atom is 0.255 e. The number of aromatic nitrogens is 4. The molecule has 7 heteroatoms. The summed E-state index contributed by atoms with van der Waals surface area (Å²) in [5, 5.41) is 4.00. The zero-order valence-electron chi connectivity index (χ0n) is 13.1. The second kappa shape index (κ2) is 6.91. The van der Waals surface area contributed by atoms with Crippen LogP contribution in [0.25, 0.3) is 5.95 Å². The monoisotopic (exact) mass is 324 g/mol. The van der Waals surface area contributed by atoms with Crippen molar-refractivity contribution in [3.63, 3.8) is 0 Å². The van der Waals surface area contributed by atoms with Gasteiger partial charge in [-0.1, -0.05) is 18.2 Å². The third kappa shape index (κ3) is 3.40. The van der Waals surface area contributed by atoms with Crippen molar-refractivity contribution in [3.05, 3.63) is 70.4 Å². The van der Waals surface area contributed by atoms with Gasteiger partial charge < -0.3 is 4.74 Å². The van der Waals surface area contributed by atoms with E-state index in [2.05, 4.69) is 15.1 Å². The minimum Gasteiger partial charge on any atom is -0.496 e. The molecule has 0 aliphatic rings. The summed E-state index contributed by atoms with van der Waals surface area (Å²) in [6.45, 7) is 0. The first-order valence-electron chi connectivity index (χ1n) is 7.39. The molecule has 2 heterocycles. The average Bonchev–Trinajstić information content (AvgIpc) is 3.12. The van der Waals surface area contributed by atoms with Crippen molar-refractivity contribution in [1.82, 2.24) is 19.7 Å². The second-order valence-corrected chi connectivity index (χ2v) is 5.22. The Labute approximate surface area is 137 Å². The Morgan fingerprint density at radius 2 is 2.00 bits per heavy atom. The Kier molecular flexibility index (Phi) is 4.51. The van der Waals surface area contributed by atoms with Crippen LogP contribution in [0, 0.1) is 0 Å². The van der Waals surface area contributed by atoms with Gasteiger partial charge in [0.15, 0.2) is 0 Å². The predicted molar refractivity (Wildman–Crippen MR) is 87.4 cm³/mol. The van der Waals surface area contributed by atoms with E-state index in [0.717, 1.165) is 5.56 Å². The van der Waals surface area contributed by atoms with Gasteiger partial charge in [-0.05, 0) is 12.1 Å². The van der Waals surface area contributed by atoms with Gasteiger partial charge in [-0.25, -0.2) is 9.67 Å². The molecule has 24 heavy (non-hydrogen) atoms. The Balaban J connectivity index is 1.74. The molecular weight excluding hydrogens is 308 g/mol. The number of aromatic amines is 1. The van der Waals surface area contributed by atoms with Gasteiger partial charge in [0, 0.05) is 42.6 Å². The van der Waals surface area contributed by atoms with Crippen LogP contribution < -0.4 is 10.3 Å². The fourth-order valence-corrected chi connectivity index (χ4v) is 2.38. The maximum absolute atomic E-state index is 12.3. The normalized spacial score (nSPS) is 10.5. The fraction of sp³-hybridized carbons (Fsp3) is 0.176. The lowest BCUT2D eigenvalue weighted by Crippen LogP contribution is -2.20. The van der Waals surface area contributed by atoms with Crippen molar-refractivity contribution in [2.24, 2.45) is 0 Å². The highest BCUT2D eigenvalue weighted by Crippen LogP contribution is 2.18. The molecule has 0 saturated carbocycles. The molecule has 3 rings (SSSR count). The van der Waals surface area contributed by atoms with Crippen LogP contribution in [0.5, 0.6) is 5.75 Å². The lowest BCUT2D eigenvalue weighted by Gasteiger charge is -2.07. The summed E-state index contributed by atoms with van der Waals surface area (Å²) < 4.78 is 6.68. The molecule has 1 aromatic carbocycles. The summed E-state index contributed by atoms with van der Waals surface area (Å²) in [5.41, 5.74) is 0.775. The fourth-order valence-electron chi connectivity index (χ4n) is 2.38. The molecule has 0 saturated heterocycles. The highest BCUT2D eigenvalue weighted by molar-refractivity contribution is 5.83. The van der Waals surface area contributed by atoms with Gasteiger partial charge in [-0.15, -0.1) is 0 Å². The van der Waals surface area contributed by atoms with E-state index in [1.807, 2.05) is 18.2 Å². The number of hydrogen-bond acceptors (Lipinski definition) is 5. The Bertz CT molecular complexity index is 900. The van der Waals surface area contributed by atoms with Crippen molar-refractivity contribution in [2.45, 2.75) is 12.8 Å². The number of rotatable bonds is 6. The number of para-hydroxylation sites is 1. The number of hydrogen-bond donors (Lipinski definition) is 1. The number of ether oxygens (including phenoxy) is 1. The van der Waals surface area contributed by atoms with Crippen molar-refractivity contribution < 1.29 is 9.53 Å². The summed E-state index contributed by atoms with van der Waals surface area (Å²) in [6.07, 6.45) is 4.88. The van der Waals surface area contributed by atoms with E-state index in [1.165, 1.54) is 10.9 Å². The number of nitrogens with zero attached hydrogens (tertiary/aromatic N) is 3. The van der Waals surface area contributed by atoms with Gasteiger partial charge in [0.1, 0.15) is 11.5 Å². The number of H-pyrrole nitrogens is 1.